The van der Waals surface area contributed by atoms with Crippen molar-refractivity contribution in [1.29, 1.82) is 0 Å². The van der Waals surface area contributed by atoms with Crippen LogP contribution in [0.15, 0.2) is 28.6 Å². The van der Waals surface area contributed by atoms with Gasteiger partial charge in [0.05, 0.1) is 26.5 Å². The van der Waals surface area contributed by atoms with Crippen molar-refractivity contribution >= 4 is 52.1 Å². The average Bonchev–Trinajstić information content (AvgIpc) is 3.27. The van der Waals surface area contributed by atoms with Crippen LogP contribution in [0.5, 0.6) is 11.5 Å². The molecule has 0 spiro atoms. The molecule has 0 amide bonds. The molecule has 178 valence electrons. The summed E-state index contributed by atoms with van der Waals surface area (Å²) in [6.07, 6.45) is 2.07. The quantitative estimate of drug-likeness (QED) is 0.284. The topological polar surface area (TPSA) is 74.3 Å². The van der Waals surface area contributed by atoms with E-state index >= 15 is 0 Å². The largest absolute Gasteiger partial charge is 0.497 e. The van der Waals surface area contributed by atoms with Gasteiger partial charge in [-0.05, 0) is 19.8 Å². The van der Waals surface area contributed by atoms with Crippen molar-refractivity contribution in [3.63, 3.8) is 0 Å². The highest BCUT2D eigenvalue weighted by Crippen LogP contribution is 2.30. The molecule has 1 aliphatic heterocycles. The van der Waals surface area contributed by atoms with Crippen molar-refractivity contribution in [2.24, 2.45) is 4.99 Å². The van der Waals surface area contributed by atoms with Gasteiger partial charge >= 0.3 is 0 Å². The molecule has 2 heterocycles. The van der Waals surface area contributed by atoms with Crippen molar-refractivity contribution in [3.8, 4) is 11.5 Å². The highest BCUT2D eigenvalue weighted by Gasteiger charge is 2.21. The van der Waals surface area contributed by atoms with E-state index in [1.54, 1.807) is 25.6 Å². The number of guanidine groups is 1. The van der Waals surface area contributed by atoms with E-state index in [9.17, 15) is 0 Å². The van der Waals surface area contributed by atoms with Crippen LogP contribution in [0.3, 0.4) is 0 Å². The molecule has 1 saturated heterocycles. The van der Waals surface area contributed by atoms with Crippen LogP contribution in [-0.4, -0.2) is 64.9 Å². The van der Waals surface area contributed by atoms with Gasteiger partial charge in [0.15, 0.2) is 11.1 Å². The lowest BCUT2D eigenvalue weighted by Crippen LogP contribution is -2.48. The van der Waals surface area contributed by atoms with Crippen LogP contribution in [0.1, 0.15) is 25.5 Å². The van der Waals surface area contributed by atoms with Gasteiger partial charge in [0, 0.05) is 69.0 Å². The molecule has 0 radical (unpaired) electrons. The SMILES string of the molecule is CCNC(=NCc1csc(N(C)C)n1)NC1CCN(c2cc(OC)cc(OC)c2)CC1.I. The summed E-state index contributed by atoms with van der Waals surface area (Å²) in [7, 11) is 7.38. The number of aliphatic imine (C=N–C) groups is 1. The predicted molar refractivity (Wildman–Crippen MR) is 145 cm³/mol. The van der Waals surface area contributed by atoms with E-state index in [-0.39, 0.29) is 24.0 Å². The van der Waals surface area contributed by atoms with Crippen LogP contribution in [0.2, 0.25) is 0 Å². The maximum atomic E-state index is 5.42. The number of hydrogen-bond donors (Lipinski definition) is 2. The molecule has 2 N–H and O–H groups in total. The predicted octanol–water partition coefficient (Wildman–Crippen LogP) is 3.57. The molecule has 32 heavy (non-hydrogen) atoms. The summed E-state index contributed by atoms with van der Waals surface area (Å²) in [6.45, 7) is 5.41. The highest BCUT2D eigenvalue weighted by molar-refractivity contribution is 14.0. The van der Waals surface area contributed by atoms with E-state index < -0.39 is 0 Å². The number of benzene rings is 1. The molecule has 0 aliphatic carbocycles. The third-order valence-corrected chi connectivity index (χ3v) is 6.26. The molecule has 1 fully saturated rings. The standard InChI is InChI=1S/C22H34N6O2S.HI/c1-6-23-21(24-14-17-15-31-22(26-17)27(2)3)25-16-7-9-28(10-8-16)18-11-19(29-4)13-20(12-18)30-5;/h11-13,15-16H,6-10,14H2,1-5H3,(H2,23,24,25);1H. The number of aromatic nitrogens is 1. The van der Waals surface area contributed by atoms with Crippen LogP contribution in [0.25, 0.3) is 0 Å². The van der Waals surface area contributed by atoms with Gasteiger partial charge in [-0.1, -0.05) is 0 Å². The second kappa shape index (κ2) is 12.9. The molecule has 10 heteroatoms. The molecule has 0 atom stereocenters. The summed E-state index contributed by atoms with van der Waals surface area (Å²) in [4.78, 5) is 13.8. The normalized spacial score (nSPS) is 14.5. The van der Waals surface area contributed by atoms with Crippen LogP contribution < -0.4 is 29.9 Å². The Morgan fingerprint density at radius 2 is 1.84 bits per heavy atom. The smallest absolute Gasteiger partial charge is 0.191 e. The average molecular weight is 575 g/mol. The summed E-state index contributed by atoms with van der Waals surface area (Å²) in [5, 5.41) is 10.0. The first-order valence-corrected chi connectivity index (χ1v) is 11.5. The van der Waals surface area contributed by atoms with Gasteiger partial charge in [-0.25, -0.2) is 9.98 Å². The van der Waals surface area contributed by atoms with Gasteiger partial charge in [-0.15, -0.1) is 35.3 Å². The molecule has 1 aromatic carbocycles. The minimum absolute atomic E-state index is 0. The van der Waals surface area contributed by atoms with Crippen molar-refractivity contribution < 1.29 is 9.47 Å². The van der Waals surface area contributed by atoms with Crippen molar-refractivity contribution in [1.82, 2.24) is 15.6 Å². The van der Waals surface area contributed by atoms with Crippen LogP contribution in [0, 0.1) is 0 Å². The summed E-state index contributed by atoms with van der Waals surface area (Å²) >= 11 is 1.64. The number of thiazole rings is 1. The van der Waals surface area contributed by atoms with Crippen LogP contribution >= 0.6 is 35.3 Å². The molecular weight excluding hydrogens is 539 g/mol. The third-order valence-electron chi connectivity index (χ3n) is 5.20. The van der Waals surface area contributed by atoms with E-state index in [4.69, 9.17) is 14.5 Å². The number of methoxy groups -OCH3 is 2. The second-order valence-electron chi connectivity index (χ2n) is 7.69. The van der Waals surface area contributed by atoms with Gasteiger partial charge in [-0.3, -0.25) is 0 Å². The van der Waals surface area contributed by atoms with E-state index in [0.29, 0.717) is 12.6 Å². The van der Waals surface area contributed by atoms with Gasteiger partial charge < -0.3 is 29.9 Å². The van der Waals surface area contributed by atoms with Crippen molar-refractivity contribution in [3.05, 3.63) is 29.3 Å². The zero-order valence-electron chi connectivity index (χ0n) is 19.6. The zero-order valence-corrected chi connectivity index (χ0v) is 22.7. The van der Waals surface area contributed by atoms with E-state index in [1.807, 2.05) is 25.1 Å². The molecule has 2 aromatic rings. The maximum absolute atomic E-state index is 5.42. The Hall–Kier alpha value is -1.95. The number of piperidine rings is 1. The minimum atomic E-state index is 0. The van der Waals surface area contributed by atoms with Crippen LogP contribution in [-0.2, 0) is 6.54 Å². The van der Waals surface area contributed by atoms with E-state index in [1.165, 1.54) is 0 Å². The lowest BCUT2D eigenvalue weighted by atomic mass is 10.0. The lowest BCUT2D eigenvalue weighted by molar-refractivity contribution is 0.393. The van der Waals surface area contributed by atoms with Gasteiger partial charge in [0.1, 0.15) is 11.5 Å². The fraction of sp³-hybridized carbons (Fsp3) is 0.545. The Morgan fingerprint density at radius 1 is 1.19 bits per heavy atom. The van der Waals surface area contributed by atoms with Gasteiger partial charge in [-0.2, -0.15) is 0 Å². The summed E-state index contributed by atoms with van der Waals surface area (Å²) < 4.78 is 10.8. The molecule has 8 nitrogen and oxygen atoms in total. The number of nitrogens with zero attached hydrogens (tertiary/aromatic N) is 4. The number of halogens is 1. The minimum Gasteiger partial charge on any atom is -0.497 e. The second-order valence-corrected chi connectivity index (χ2v) is 8.52. The molecule has 1 aromatic heterocycles. The third kappa shape index (κ3) is 7.29. The maximum Gasteiger partial charge on any atom is 0.191 e. The van der Waals surface area contributed by atoms with Gasteiger partial charge in [0.25, 0.3) is 0 Å². The molecular formula is C22H35IN6O2S. The lowest BCUT2D eigenvalue weighted by Gasteiger charge is -2.34. The molecule has 3 rings (SSSR count). The van der Waals surface area contributed by atoms with E-state index in [2.05, 4.69) is 45.0 Å². The van der Waals surface area contributed by atoms with E-state index in [0.717, 1.165) is 66.4 Å². The Kier molecular flexibility index (Phi) is 10.6. The summed E-state index contributed by atoms with van der Waals surface area (Å²) in [5.74, 6) is 2.48. The zero-order chi connectivity index (χ0) is 22.2. The molecule has 1 aliphatic rings. The Bertz CT molecular complexity index is 846. The fourth-order valence-corrected chi connectivity index (χ4v) is 4.25. The number of nitrogens with one attached hydrogen (secondary N) is 2. The van der Waals surface area contributed by atoms with Crippen molar-refractivity contribution in [2.75, 3.05) is 57.7 Å². The Balaban J connectivity index is 0.00000363. The summed E-state index contributed by atoms with van der Waals surface area (Å²) in [5.41, 5.74) is 2.13. The van der Waals surface area contributed by atoms with Crippen molar-refractivity contribution in [2.45, 2.75) is 32.4 Å². The fourth-order valence-electron chi connectivity index (χ4n) is 3.50. The Labute approximate surface area is 212 Å². The number of hydrogen-bond acceptors (Lipinski definition) is 7. The number of anilines is 2. The molecule has 0 saturated carbocycles. The summed E-state index contributed by atoms with van der Waals surface area (Å²) in [6, 6.07) is 6.42. The Morgan fingerprint density at radius 3 is 2.38 bits per heavy atom. The van der Waals surface area contributed by atoms with Crippen LogP contribution in [0.4, 0.5) is 10.8 Å². The van der Waals surface area contributed by atoms with Gasteiger partial charge in [0.2, 0.25) is 0 Å². The monoisotopic (exact) mass is 574 g/mol. The first-order chi connectivity index (χ1) is 15.0. The highest BCUT2D eigenvalue weighted by atomic mass is 127. The first kappa shape index (κ1) is 26.3. The molecule has 0 unspecified atom stereocenters. The number of ether oxygens (including phenoxy) is 2. The molecule has 0 bridgehead atoms. The number of rotatable bonds is 8. The first-order valence-electron chi connectivity index (χ1n) is 10.7.